The minimum Gasteiger partial charge on any atom is -0.324 e. The lowest BCUT2D eigenvalue weighted by atomic mass is 9.88. The molecule has 0 aliphatic rings. The SMILES string of the molecule is CCCCCCCCCCCCCCCCCC(CCCCCCC)(CCCCCCC)P(=O)(O)O. The Morgan fingerprint density at radius 2 is 0.583 bits per heavy atom. The van der Waals surface area contributed by atoms with Gasteiger partial charge in [0.2, 0.25) is 0 Å². The molecule has 0 rings (SSSR count). The smallest absolute Gasteiger partial charge is 0.324 e. The van der Waals surface area contributed by atoms with Crippen LogP contribution in [0, 0.1) is 0 Å². The summed E-state index contributed by atoms with van der Waals surface area (Å²) in [4.78, 5) is 20.9. The third-order valence-corrected chi connectivity index (χ3v) is 10.3. The van der Waals surface area contributed by atoms with E-state index in [1.54, 1.807) is 0 Å². The lowest BCUT2D eigenvalue weighted by Crippen LogP contribution is -2.29. The van der Waals surface area contributed by atoms with E-state index in [-0.39, 0.29) is 0 Å². The zero-order valence-corrected chi connectivity index (χ0v) is 25.9. The van der Waals surface area contributed by atoms with E-state index in [0.717, 1.165) is 44.9 Å². The Balaban J connectivity index is 4.22. The summed E-state index contributed by atoms with van der Waals surface area (Å²) >= 11 is 0. The highest BCUT2D eigenvalue weighted by Crippen LogP contribution is 2.58. The van der Waals surface area contributed by atoms with Crippen molar-refractivity contribution in [1.82, 2.24) is 0 Å². The number of rotatable bonds is 29. The minimum absolute atomic E-state index is 0.716. The summed E-state index contributed by atoms with van der Waals surface area (Å²) in [6, 6.07) is 0. The van der Waals surface area contributed by atoms with Gasteiger partial charge in [0.15, 0.2) is 0 Å². The topological polar surface area (TPSA) is 57.5 Å². The summed E-state index contributed by atoms with van der Waals surface area (Å²) in [7, 11) is -4.11. The first-order valence-corrected chi connectivity index (χ1v) is 18.1. The van der Waals surface area contributed by atoms with Gasteiger partial charge >= 0.3 is 7.60 Å². The molecule has 0 aliphatic heterocycles. The van der Waals surface area contributed by atoms with Crippen LogP contribution in [0.25, 0.3) is 0 Å². The molecule has 0 radical (unpaired) electrons. The molecule has 0 unspecified atom stereocenters. The highest BCUT2D eigenvalue weighted by atomic mass is 31.2. The van der Waals surface area contributed by atoms with Gasteiger partial charge in [-0.3, -0.25) is 4.57 Å². The molecule has 0 saturated carbocycles. The van der Waals surface area contributed by atoms with Gasteiger partial charge in [-0.2, -0.15) is 0 Å². The maximum Gasteiger partial charge on any atom is 0.331 e. The first-order valence-electron chi connectivity index (χ1n) is 16.5. The second kappa shape index (κ2) is 25.4. The van der Waals surface area contributed by atoms with E-state index in [2.05, 4.69) is 20.8 Å². The Hall–Kier alpha value is 0.150. The number of unbranched alkanes of at least 4 members (excludes halogenated alkanes) is 22. The molecule has 0 aromatic rings. The highest BCUT2D eigenvalue weighted by Gasteiger charge is 2.44. The molecule has 218 valence electrons. The molecule has 4 heteroatoms. The summed E-state index contributed by atoms with van der Waals surface area (Å²) in [5.41, 5.74) is 0. The van der Waals surface area contributed by atoms with Crippen molar-refractivity contribution in [2.45, 2.75) is 206 Å². The zero-order valence-electron chi connectivity index (χ0n) is 25.0. The summed E-state index contributed by atoms with van der Waals surface area (Å²) in [6.45, 7) is 6.71. The van der Waals surface area contributed by atoms with Crippen molar-refractivity contribution >= 4 is 7.60 Å². The van der Waals surface area contributed by atoms with Gasteiger partial charge in [-0.1, -0.05) is 181 Å². The molecule has 0 atom stereocenters. The largest absolute Gasteiger partial charge is 0.331 e. The monoisotopic (exact) mass is 530 g/mol. The van der Waals surface area contributed by atoms with Crippen LogP contribution in [0.2, 0.25) is 0 Å². The van der Waals surface area contributed by atoms with Crippen molar-refractivity contribution in [2.24, 2.45) is 0 Å². The van der Waals surface area contributed by atoms with Crippen molar-refractivity contribution in [3.63, 3.8) is 0 Å². The van der Waals surface area contributed by atoms with Crippen molar-refractivity contribution < 1.29 is 14.4 Å². The lowest BCUT2D eigenvalue weighted by Gasteiger charge is -2.35. The standard InChI is InChI=1S/C32H67O3P/c1-4-7-10-13-14-15-16-17-18-19-20-21-22-25-28-31-32(36(33,34)35,29-26-23-11-8-5-2)30-27-24-12-9-6-3/h4-31H2,1-3H3,(H2,33,34,35). The van der Waals surface area contributed by atoms with Crippen LogP contribution in [0.3, 0.4) is 0 Å². The van der Waals surface area contributed by atoms with Gasteiger partial charge in [0.05, 0.1) is 5.16 Å². The Labute approximate surface area is 227 Å². The molecule has 0 aromatic heterocycles. The Kier molecular flexibility index (Phi) is 25.5. The van der Waals surface area contributed by atoms with Crippen LogP contribution < -0.4 is 0 Å². The normalized spacial score (nSPS) is 12.5. The maximum absolute atomic E-state index is 12.8. The fraction of sp³-hybridized carbons (Fsp3) is 1.00. The molecule has 2 N–H and O–H groups in total. The van der Waals surface area contributed by atoms with E-state index < -0.39 is 12.8 Å². The van der Waals surface area contributed by atoms with Crippen LogP contribution in [0.5, 0.6) is 0 Å². The summed E-state index contributed by atoms with van der Waals surface area (Å²) in [5.74, 6) is 0. The summed E-state index contributed by atoms with van der Waals surface area (Å²) in [6.07, 6.45) is 33.5. The zero-order chi connectivity index (χ0) is 26.8. The molecule has 36 heavy (non-hydrogen) atoms. The first kappa shape index (κ1) is 36.1. The molecule has 0 bridgehead atoms. The molecule has 0 fully saturated rings. The van der Waals surface area contributed by atoms with Crippen molar-refractivity contribution in [3.8, 4) is 0 Å². The van der Waals surface area contributed by atoms with Gasteiger partial charge in [0.25, 0.3) is 0 Å². The average molecular weight is 531 g/mol. The summed E-state index contributed by atoms with van der Waals surface area (Å²) in [5, 5.41) is -0.762. The summed E-state index contributed by atoms with van der Waals surface area (Å²) < 4.78 is 12.8. The van der Waals surface area contributed by atoms with E-state index in [4.69, 9.17) is 0 Å². The van der Waals surface area contributed by atoms with E-state index in [0.29, 0.717) is 12.8 Å². The van der Waals surface area contributed by atoms with Crippen LogP contribution in [0.15, 0.2) is 0 Å². The molecule has 3 nitrogen and oxygen atoms in total. The van der Waals surface area contributed by atoms with E-state index in [1.165, 1.54) is 122 Å². The maximum atomic E-state index is 12.8. The molecule has 0 saturated heterocycles. The molecule has 0 spiro atoms. The molecule has 0 heterocycles. The number of hydrogen-bond donors (Lipinski definition) is 2. The van der Waals surface area contributed by atoms with Crippen molar-refractivity contribution in [2.75, 3.05) is 0 Å². The fourth-order valence-electron chi connectivity index (χ4n) is 5.75. The van der Waals surface area contributed by atoms with Gasteiger partial charge in [-0.05, 0) is 19.3 Å². The van der Waals surface area contributed by atoms with Gasteiger partial charge in [0, 0.05) is 0 Å². The second-order valence-corrected chi connectivity index (χ2v) is 13.8. The van der Waals surface area contributed by atoms with Crippen LogP contribution in [0.4, 0.5) is 0 Å². The van der Waals surface area contributed by atoms with Gasteiger partial charge in [-0.15, -0.1) is 0 Å². The molecular weight excluding hydrogens is 463 g/mol. The van der Waals surface area contributed by atoms with Crippen LogP contribution in [0.1, 0.15) is 201 Å². The third kappa shape index (κ3) is 20.2. The van der Waals surface area contributed by atoms with E-state index in [1.807, 2.05) is 0 Å². The Morgan fingerprint density at radius 3 is 0.778 bits per heavy atom. The quantitative estimate of drug-likeness (QED) is 0.0746. The second-order valence-electron chi connectivity index (χ2n) is 11.8. The van der Waals surface area contributed by atoms with Crippen molar-refractivity contribution in [3.05, 3.63) is 0 Å². The first-order chi connectivity index (χ1) is 17.4. The van der Waals surface area contributed by atoms with Crippen LogP contribution in [-0.4, -0.2) is 14.9 Å². The third-order valence-electron chi connectivity index (χ3n) is 8.35. The fourth-order valence-corrected chi connectivity index (χ4v) is 7.10. The highest BCUT2D eigenvalue weighted by molar-refractivity contribution is 7.53. The predicted molar refractivity (Wildman–Crippen MR) is 161 cm³/mol. The molecule has 0 amide bonds. The molecule has 0 aliphatic carbocycles. The Bertz CT molecular complexity index is 474. The van der Waals surface area contributed by atoms with Crippen LogP contribution >= 0.6 is 7.60 Å². The average Bonchev–Trinajstić information content (AvgIpc) is 2.84. The molecule has 0 aromatic carbocycles. The van der Waals surface area contributed by atoms with E-state index >= 15 is 0 Å². The molecular formula is C32H67O3P. The Morgan fingerprint density at radius 1 is 0.389 bits per heavy atom. The minimum atomic E-state index is -4.11. The predicted octanol–water partition coefficient (Wildman–Crippen LogP) is 11.9. The number of hydrogen-bond acceptors (Lipinski definition) is 1. The van der Waals surface area contributed by atoms with Gasteiger partial charge in [0.1, 0.15) is 0 Å². The van der Waals surface area contributed by atoms with Crippen molar-refractivity contribution in [1.29, 1.82) is 0 Å². The van der Waals surface area contributed by atoms with Crippen LogP contribution in [-0.2, 0) is 4.57 Å². The lowest BCUT2D eigenvalue weighted by molar-refractivity contribution is 0.281. The van der Waals surface area contributed by atoms with E-state index in [9.17, 15) is 14.4 Å². The van der Waals surface area contributed by atoms with Gasteiger partial charge in [-0.25, -0.2) is 0 Å². The van der Waals surface area contributed by atoms with Gasteiger partial charge < -0.3 is 9.79 Å².